The molecular formula is C18H16N2O3. The average Bonchev–Trinajstić information content (AvgIpc) is 3.03. The van der Waals surface area contributed by atoms with Crippen molar-refractivity contribution in [2.75, 3.05) is 0 Å². The molecule has 23 heavy (non-hydrogen) atoms. The van der Waals surface area contributed by atoms with Gasteiger partial charge in [-0.25, -0.2) is 0 Å². The van der Waals surface area contributed by atoms with Crippen LogP contribution < -0.4 is 0 Å². The van der Waals surface area contributed by atoms with Crippen LogP contribution in [0.3, 0.4) is 0 Å². The number of hydrogen-bond donors (Lipinski definition) is 1. The number of Topliss-reactive ketones (excluding diaryl/α,β-unsaturated/α-hetero) is 1. The van der Waals surface area contributed by atoms with Crippen LogP contribution in [0.1, 0.15) is 28.2 Å². The maximum atomic E-state index is 12.1. The maximum Gasteiger partial charge on any atom is 0.164 e. The lowest BCUT2D eigenvalue weighted by Gasteiger charge is -1.99. The number of phenols is 1. The molecule has 0 amide bonds. The van der Waals surface area contributed by atoms with Gasteiger partial charge < -0.3 is 9.63 Å². The Morgan fingerprint density at radius 2 is 1.96 bits per heavy atom. The Morgan fingerprint density at radius 3 is 2.65 bits per heavy atom. The third kappa shape index (κ3) is 3.63. The molecule has 0 saturated carbocycles. The van der Waals surface area contributed by atoms with E-state index < -0.39 is 0 Å². The number of carbonyl (C=O) groups excluding carboxylic acids is 1. The molecule has 0 atom stereocenters. The van der Waals surface area contributed by atoms with Gasteiger partial charge in [-0.1, -0.05) is 5.16 Å². The van der Waals surface area contributed by atoms with Crippen molar-refractivity contribution in [2.45, 2.75) is 19.8 Å². The lowest BCUT2D eigenvalue weighted by Crippen LogP contribution is -2.01. The highest BCUT2D eigenvalue weighted by molar-refractivity contribution is 5.95. The van der Waals surface area contributed by atoms with Gasteiger partial charge in [0.2, 0.25) is 0 Å². The zero-order valence-corrected chi connectivity index (χ0v) is 12.7. The molecule has 0 aliphatic carbocycles. The van der Waals surface area contributed by atoms with Gasteiger partial charge in [-0.15, -0.1) is 0 Å². The van der Waals surface area contributed by atoms with Crippen LogP contribution in [0.4, 0.5) is 0 Å². The van der Waals surface area contributed by atoms with E-state index in [0.29, 0.717) is 29.9 Å². The Kier molecular flexibility index (Phi) is 4.19. The fourth-order valence-corrected chi connectivity index (χ4v) is 2.21. The second-order valence-electron chi connectivity index (χ2n) is 5.34. The predicted octanol–water partition coefficient (Wildman–Crippen LogP) is 3.57. The predicted molar refractivity (Wildman–Crippen MR) is 85.2 cm³/mol. The van der Waals surface area contributed by atoms with Crippen molar-refractivity contribution in [1.82, 2.24) is 10.1 Å². The highest BCUT2D eigenvalue weighted by atomic mass is 16.5. The highest BCUT2D eigenvalue weighted by Gasteiger charge is 2.11. The number of phenolic OH excluding ortho intramolecular Hbond substituents is 1. The van der Waals surface area contributed by atoms with Crippen molar-refractivity contribution in [2.24, 2.45) is 0 Å². The molecule has 2 aromatic heterocycles. The summed E-state index contributed by atoms with van der Waals surface area (Å²) in [4.78, 5) is 16.2. The van der Waals surface area contributed by atoms with Crippen molar-refractivity contribution >= 4 is 5.78 Å². The SMILES string of the molecule is Cc1ccc(C(=O)CCc2cc(-c3ccc(O)cc3)no2)cn1. The summed E-state index contributed by atoms with van der Waals surface area (Å²) in [5, 5.41) is 13.3. The summed E-state index contributed by atoms with van der Waals surface area (Å²) in [6, 6.07) is 12.1. The van der Waals surface area contributed by atoms with Gasteiger partial charge in [0.25, 0.3) is 0 Å². The van der Waals surface area contributed by atoms with Gasteiger partial charge in [0.15, 0.2) is 5.78 Å². The summed E-state index contributed by atoms with van der Waals surface area (Å²) >= 11 is 0. The quantitative estimate of drug-likeness (QED) is 0.729. The summed E-state index contributed by atoms with van der Waals surface area (Å²) < 4.78 is 5.27. The van der Waals surface area contributed by atoms with E-state index >= 15 is 0 Å². The number of rotatable bonds is 5. The third-order valence-corrected chi connectivity index (χ3v) is 3.55. The fourth-order valence-electron chi connectivity index (χ4n) is 2.21. The lowest BCUT2D eigenvalue weighted by molar-refractivity contribution is 0.0980. The number of carbonyl (C=O) groups is 1. The van der Waals surface area contributed by atoms with E-state index in [1.165, 1.54) is 0 Å². The van der Waals surface area contributed by atoms with E-state index in [0.717, 1.165) is 11.3 Å². The van der Waals surface area contributed by atoms with Gasteiger partial charge in [-0.3, -0.25) is 9.78 Å². The Balaban J connectivity index is 1.64. The second-order valence-corrected chi connectivity index (χ2v) is 5.34. The second kappa shape index (κ2) is 6.44. The number of benzene rings is 1. The van der Waals surface area contributed by atoms with Crippen LogP contribution in [-0.4, -0.2) is 21.0 Å². The van der Waals surface area contributed by atoms with E-state index in [1.807, 2.05) is 19.1 Å². The third-order valence-electron chi connectivity index (χ3n) is 3.55. The van der Waals surface area contributed by atoms with Crippen molar-refractivity contribution in [1.29, 1.82) is 0 Å². The van der Waals surface area contributed by atoms with Crippen LogP contribution in [0, 0.1) is 6.92 Å². The molecule has 0 saturated heterocycles. The monoisotopic (exact) mass is 308 g/mol. The first-order valence-electron chi connectivity index (χ1n) is 7.33. The van der Waals surface area contributed by atoms with Crippen LogP contribution >= 0.6 is 0 Å². The highest BCUT2D eigenvalue weighted by Crippen LogP contribution is 2.22. The molecule has 0 spiro atoms. The van der Waals surface area contributed by atoms with Gasteiger partial charge in [0.05, 0.1) is 0 Å². The Bertz CT molecular complexity index is 805. The summed E-state index contributed by atoms with van der Waals surface area (Å²) in [6.45, 7) is 1.88. The number of aryl methyl sites for hydroxylation is 2. The molecule has 2 heterocycles. The van der Waals surface area contributed by atoms with E-state index in [9.17, 15) is 9.90 Å². The summed E-state index contributed by atoms with van der Waals surface area (Å²) in [6.07, 6.45) is 2.42. The van der Waals surface area contributed by atoms with Crippen molar-refractivity contribution in [3.05, 3.63) is 65.7 Å². The minimum absolute atomic E-state index is 0.0279. The Labute approximate surface area is 133 Å². The van der Waals surface area contributed by atoms with Crippen LogP contribution in [0.2, 0.25) is 0 Å². The first-order valence-corrected chi connectivity index (χ1v) is 7.33. The zero-order chi connectivity index (χ0) is 16.2. The summed E-state index contributed by atoms with van der Waals surface area (Å²) in [7, 11) is 0. The molecule has 3 rings (SSSR count). The number of hydrogen-bond acceptors (Lipinski definition) is 5. The maximum absolute atomic E-state index is 12.1. The van der Waals surface area contributed by atoms with Gasteiger partial charge in [-0.2, -0.15) is 0 Å². The number of nitrogens with zero attached hydrogens (tertiary/aromatic N) is 2. The zero-order valence-electron chi connectivity index (χ0n) is 12.7. The molecule has 0 fully saturated rings. The number of aromatic nitrogens is 2. The molecule has 3 aromatic rings. The van der Waals surface area contributed by atoms with E-state index in [4.69, 9.17) is 4.52 Å². The standard InChI is InChI=1S/C18H16N2O3/c1-12-2-3-14(11-19-12)18(22)9-8-16-10-17(20-23-16)13-4-6-15(21)7-5-13/h2-7,10-11,21H,8-9H2,1H3. The summed E-state index contributed by atoms with van der Waals surface area (Å²) in [5.74, 6) is 0.886. The normalized spacial score (nSPS) is 10.7. The molecule has 1 N–H and O–H groups in total. The van der Waals surface area contributed by atoms with Crippen LogP contribution in [0.15, 0.2) is 53.2 Å². The molecular weight excluding hydrogens is 292 g/mol. The molecule has 0 unspecified atom stereocenters. The van der Waals surface area contributed by atoms with Gasteiger partial charge in [0.1, 0.15) is 17.2 Å². The van der Waals surface area contributed by atoms with Gasteiger partial charge in [-0.05, 0) is 43.3 Å². The molecule has 0 radical (unpaired) electrons. The van der Waals surface area contributed by atoms with Gasteiger partial charge >= 0.3 is 0 Å². The van der Waals surface area contributed by atoms with Crippen molar-refractivity contribution in [3.63, 3.8) is 0 Å². The minimum atomic E-state index is 0.0279. The Hall–Kier alpha value is -2.95. The number of aromatic hydroxyl groups is 1. The average molecular weight is 308 g/mol. The summed E-state index contributed by atoms with van der Waals surface area (Å²) in [5.41, 5.74) is 3.03. The van der Waals surface area contributed by atoms with E-state index in [-0.39, 0.29) is 11.5 Å². The van der Waals surface area contributed by atoms with Crippen LogP contribution in [-0.2, 0) is 6.42 Å². The van der Waals surface area contributed by atoms with Crippen molar-refractivity contribution < 1.29 is 14.4 Å². The first kappa shape index (κ1) is 15.0. The topological polar surface area (TPSA) is 76.2 Å². The van der Waals surface area contributed by atoms with E-state index in [2.05, 4.69) is 10.1 Å². The van der Waals surface area contributed by atoms with E-state index in [1.54, 1.807) is 36.5 Å². The molecule has 0 bridgehead atoms. The minimum Gasteiger partial charge on any atom is -0.508 e. The van der Waals surface area contributed by atoms with Crippen LogP contribution in [0.25, 0.3) is 11.3 Å². The molecule has 5 nitrogen and oxygen atoms in total. The lowest BCUT2D eigenvalue weighted by atomic mass is 10.1. The Morgan fingerprint density at radius 1 is 1.17 bits per heavy atom. The van der Waals surface area contributed by atoms with Gasteiger partial charge in [0, 0.05) is 41.9 Å². The molecule has 5 heteroatoms. The first-order chi connectivity index (χ1) is 11.1. The van der Waals surface area contributed by atoms with Crippen LogP contribution in [0.5, 0.6) is 5.75 Å². The number of ketones is 1. The number of pyridine rings is 1. The fraction of sp³-hybridized carbons (Fsp3) is 0.167. The smallest absolute Gasteiger partial charge is 0.164 e. The molecule has 1 aromatic carbocycles. The molecule has 116 valence electrons. The van der Waals surface area contributed by atoms with Crippen molar-refractivity contribution in [3.8, 4) is 17.0 Å². The largest absolute Gasteiger partial charge is 0.508 e. The molecule has 0 aliphatic heterocycles. The molecule has 0 aliphatic rings.